The molecule has 0 aliphatic carbocycles. The molecule has 3 heteroatoms. The molecule has 88 valence electrons. The molecule has 0 saturated carbocycles. The molecular weight excluding hydrogens is 212 g/mol. The van der Waals surface area contributed by atoms with Gasteiger partial charge in [-0.25, -0.2) is 9.97 Å². The predicted octanol–water partition coefficient (Wildman–Crippen LogP) is 3.32. The fraction of sp³-hybridized carbons (Fsp3) is 0.286. The van der Waals surface area contributed by atoms with Gasteiger partial charge < -0.3 is 4.74 Å². The van der Waals surface area contributed by atoms with Gasteiger partial charge in [0, 0.05) is 11.8 Å². The van der Waals surface area contributed by atoms with E-state index >= 15 is 0 Å². The van der Waals surface area contributed by atoms with Gasteiger partial charge in [-0.15, -0.1) is 0 Å². The molecule has 1 aromatic heterocycles. The average Bonchev–Trinajstić information content (AvgIpc) is 2.41. The van der Waals surface area contributed by atoms with Crippen LogP contribution in [0.3, 0.4) is 0 Å². The van der Waals surface area contributed by atoms with Crippen LogP contribution >= 0.6 is 0 Å². The second kappa shape index (κ2) is 5.99. The lowest BCUT2D eigenvalue weighted by molar-refractivity contribution is 0.310. The first-order chi connectivity index (χ1) is 8.42. The standard InChI is InChI=1S/C14H16N2O/c1-2-3-10-17-14-7-5-4-6-12(14)13-8-9-15-11-16-13/h4-9,11H,2-3,10H2,1H3. The van der Waals surface area contributed by atoms with Crippen molar-refractivity contribution in [1.82, 2.24) is 9.97 Å². The van der Waals surface area contributed by atoms with E-state index in [-0.39, 0.29) is 0 Å². The third-order valence-corrected chi connectivity index (χ3v) is 2.50. The smallest absolute Gasteiger partial charge is 0.128 e. The number of benzene rings is 1. The highest BCUT2D eigenvalue weighted by atomic mass is 16.5. The first-order valence-corrected chi connectivity index (χ1v) is 5.90. The maximum absolute atomic E-state index is 5.77. The number of rotatable bonds is 5. The second-order valence-electron chi connectivity index (χ2n) is 3.79. The van der Waals surface area contributed by atoms with Gasteiger partial charge in [0.05, 0.1) is 12.3 Å². The quantitative estimate of drug-likeness (QED) is 0.736. The zero-order chi connectivity index (χ0) is 11.9. The number of nitrogens with zero attached hydrogens (tertiary/aromatic N) is 2. The molecule has 0 bridgehead atoms. The van der Waals surface area contributed by atoms with Crippen molar-refractivity contribution in [2.45, 2.75) is 19.8 Å². The molecule has 17 heavy (non-hydrogen) atoms. The molecule has 0 spiro atoms. The molecule has 0 fully saturated rings. The third-order valence-electron chi connectivity index (χ3n) is 2.50. The molecule has 1 aromatic carbocycles. The summed E-state index contributed by atoms with van der Waals surface area (Å²) in [7, 11) is 0. The van der Waals surface area contributed by atoms with E-state index in [1.807, 2.05) is 30.3 Å². The summed E-state index contributed by atoms with van der Waals surface area (Å²) in [6.45, 7) is 2.90. The van der Waals surface area contributed by atoms with Crippen LogP contribution in [0.1, 0.15) is 19.8 Å². The van der Waals surface area contributed by atoms with Crippen LogP contribution in [0.2, 0.25) is 0 Å². The molecular formula is C14H16N2O. The van der Waals surface area contributed by atoms with E-state index in [0.717, 1.165) is 36.5 Å². The van der Waals surface area contributed by atoms with Gasteiger partial charge in [0.15, 0.2) is 0 Å². The SMILES string of the molecule is CCCCOc1ccccc1-c1ccncn1. The van der Waals surface area contributed by atoms with Crippen molar-refractivity contribution >= 4 is 0 Å². The minimum Gasteiger partial charge on any atom is -0.493 e. The minimum atomic E-state index is 0.749. The Balaban J connectivity index is 2.22. The summed E-state index contributed by atoms with van der Waals surface area (Å²) in [6, 6.07) is 9.86. The summed E-state index contributed by atoms with van der Waals surface area (Å²) in [4.78, 5) is 8.17. The van der Waals surface area contributed by atoms with Crippen LogP contribution in [-0.2, 0) is 0 Å². The zero-order valence-electron chi connectivity index (χ0n) is 9.97. The van der Waals surface area contributed by atoms with Crippen molar-refractivity contribution in [2.75, 3.05) is 6.61 Å². The maximum Gasteiger partial charge on any atom is 0.128 e. The molecule has 2 aromatic rings. The summed E-state index contributed by atoms with van der Waals surface area (Å²) in [5.41, 5.74) is 1.91. The summed E-state index contributed by atoms with van der Waals surface area (Å²) in [5.74, 6) is 0.889. The monoisotopic (exact) mass is 228 g/mol. The Bertz CT molecular complexity index is 457. The van der Waals surface area contributed by atoms with E-state index in [0.29, 0.717) is 0 Å². The fourth-order valence-corrected chi connectivity index (χ4v) is 1.58. The number of para-hydroxylation sites is 1. The van der Waals surface area contributed by atoms with Gasteiger partial charge in [-0.05, 0) is 24.6 Å². The van der Waals surface area contributed by atoms with Gasteiger partial charge in [-0.3, -0.25) is 0 Å². The number of hydrogen-bond donors (Lipinski definition) is 0. The van der Waals surface area contributed by atoms with Crippen molar-refractivity contribution < 1.29 is 4.74 Å². The average molecular weight is 228 g/mol. The Hall–Kier alpha value is -1.90. The Kier molecular flexibility index (Phi) is 4.08. The predicted molar refractivity (Wildman–Crippen MR) is 67.9 cm³/mol. The number of ether oxygens (including phenoxy) is 1. The number of aromatic nitrogens is 2. The molecule has 2 rings (SSSR count). The highest BCUT2D eigenvalue weighted by molar-refractivity contribution is 5.66. The van der Waals surface area contributed by atoms with E-state index in [1.165, 1.54) is 0 Å². The van der Waals surface area contributed by atoms with E-state index in [4.69, 9.17) is 4.74 Å². The Morgan fingerprint density at radius 3 is 2.82 bits per heavy atom. The zero-order valence-corrected chi connectivity index (χ0v) is 9.97. The normalized spacial score (nSPS) is 10.2. The lowest BCUT2D eigenvalue weighted by Gasteiger charge is -2.10. The number of unbranched alkanes of at least 4 members (excludes halogenated alkanes) is 1. The Labute approximate surface area is 102 Å². The van der Waals surface area contributed by atoms with Gasteiger partial charge in [0.25, 0.3) is 0 Å². The van der Waals surface area contributed by atoms with Crippen molar-refractivity contribution in [1.29, 1.82) is 0 Å². The summed E-state index contributed by atoms with van der Waals surface area (Å²) >= 11 is 0. The molecule has 0 saturated heterocycles. The van der Waals surface area contributed by atoms with E-state index in [2.05, 4.69) is 16.9 Å². The second-order valence-corrected chi connectivity index (χ2v) is 3.79. The van der Waals surface area contributed by atoms with E-state index in [9.17, 15) is 0 Å². The first kappa shape index (κ1) is 11.6. The molecule has 0 aliphatic heterocycles. The van der Waals surface area contributed by atoms with Crippen LogP contribution in [0.4, 0.5) is 0 Å². The summed E-state index contributed by atoms with van der Waals surface area (Å²) < 4.78 is 5.77. The highest BCUT2D eigenvalue weighted by Gasteiger charge is 2.05. The van der Waals surface area contributed by atoms with Crippen LogP contribution in [0.15, 0.2) is 42.9 Å². The molecule has 0 unspecified atom stereocenters. The molecule has 1 heterocycles. The fourth-order valence-electron chi connectivity index (χ4n) is 1.58. The van der Waals surface area contributed by atoms with Crippen LogP contribution in [-0.4, -0.2) is 16.6 Å². The lowest BCUT2D eigenvalue weighted by Crippen LogP contribution is -1.98. The topological polar surface area (TPSA) is 35.0 Å². The van der Waals surface area contributed by atoms with Crippen LogP contribution in [0.5, 0.6) is 5.75 Å². The Morgan fingerprint density at radius 1 is 1.18 bits per heavy atom. The summed E-state index contributed by atoms with van der Waals surface area (Å²) in [6.07, 6.45) is 5.50. The minimum absolute atomic E-state index is 0.749. The summed E-state index contributed by atoms with van der Waals surface area (Å²) in [5, 5.41) is 0. The molecule has 0 N–H and O–H groups in total. The van der Waals surface area contributed by atoms with Gasteiger partial charge in [-0.2, -0.15) is 0 Å². The maximum atomic E-state index is 5.77. The van der Waals surface area contributed by atoms with Crippen molar-refractivity contribution in [2.24, 2.45) is 0 Å². The molecule has 0 aliphatic rings. The first-order valence-electron chi connectivity index (χ1n) is 5.90. The molecule has 0 radical (unpaired) electrons. The molecule has 3 nitrogen and oxygen atoms in total. The lowest BCUT2D eigenvalue weighted by atomic mass is 10.1. The molecule has 0 amide bonds. The number of hydrogen-bond acceptors (Lipinski definition) is 3. The van der Waals surface area contributed by atoms with Crippen molar-refractivity contribution in [3.63, 3.8) is 0 Å². The van der Waals surface area contributed by atoms with Gasteiger partial charge in [0.2, 0.25) is 0 Å². The van der Waals surface area contributed by atoms with Crippen LogP contribution < -0.4 is 4.74 Å². The van der Waals surface area contributed by atoms with Gasteiger partial charge >= 0.3 is 0 Å². The highest BCUT2D eigenvalue weighted by Crippen LogP contribution is 2.27. The third kappa shape index (κ3) is 3.03. The van der Waals surface area contributed by atoms with Crippen LogP contribution in [0.25, 0.3) is 11.3 Å². The van der Waals surface area contributed by atoms with Gasteiger partial charge in [0.1, 0.15) is 12.1 Å². The van der Waals surface area contributed by atoms with Crippen molar-refractivity contribution in [3.05, 3.63) is 42.9 Å². The van der Waals surface area contributed by atoms with E-state index < -0.39 is 0 Å². The largest absolute Gasteiger partial charge is 0.493 e. The van der Waals surface area contributed by atoms with E-state index in [1.54, 1.807) is 12.5 Å². The molecule has 0 atom stereocenters. The van der Waals surface area contributed by atoms with Crippen molar-refractivity contribution in [3.8, 4) is 17.0 Å². The Morgan fingerprint density at radius 2 is 2.06 bits per heavy atom. The van der Waals surface area contributed by atoms with Gasteiger partial charge in [-0.1, -0.05) is 25.5 Å². The van der Waals surface area contributed by atoms with Crippen LogP contribution in [0, 0.1) is 0 Å².